The smallest absolute Gasteiger partial charge is 0.119 e. The number of aryl methyl sites for hydroxylation is 1. The molecule has 106 valence electrons. The van der Waals surface area contributed by atoms with E-state index < -0.39 is 0 Å². The Morgan fingerprint density at radius 2 is 1.75 bits per heavy atom. The molecule has 0 amide bonds. The van der Waals surface area contributed by atoms with Crippen LogP contribution in [0.15, 0.2) is 29.3 Å². The van der Waals surface area contributed by atoms with Crippen LogP contribution in [0.4, 0.5) is 0 Å². The minimum atomic E-state index is 0.786. The molecule has 0 radical (unpaired) electrons. The largest absolute Gasteiger partial charge is 0.497 e. The van der Waals surface area contributed by atoms with Crippen molar-refractivity contribution in [1.29, 1.82) is 0 Å². The van der Waals surface area contributed by atoms with E-state index in [2.05, 4.69) is 25.1 Å². The Bertz CT molecular complexity index is 569. The van der Waals surface area contributed by atoms with Gasteiger partial charge in [0.1, 0.15) is 5.75 Å². The van der Waals surface area contributed by atoms with Crippen molar-refractivity contribution < 1.29 is 4.74 Å². The summed E-state index contributed by atoms with van der Waals surface area (Å²) in [6, 6.07) is 6.77. The number of allylic oxidation sites excluding steroid dienone is 2. The van der Waals surface area contributed by atoms with Gasteiger partial charge in [-0.05, 0) is 79.5 Å². The Morgan fingerprint density at radius 1 is 0.950 bits per heavy atom. The zero-order valence-corrected chi connectivity index (χ0v) is 12.6. The molecule has 1 nitrogen and oxygen atoms in total. The zero-order chi connectivity index (χ0) is 13.7. The first kappa shape index (κ1) is 12.5. The van der Waals surface area contributed by atoms with Crippen LogP contribution in [0.3, 0.4) is 0 Å². The van der Waals surface area contributed by atoms with Gasteiger partial charge in [-0.1, -0.05) is 24.1 Å². The Morgan fingerprint density at radius 3 is 2.60 bits per heavy atom. The molecule has 0 saturated carbocycles. The minimum absolute atomic E-state index is 0.786. The number of benzene rings is 1. The first-order valence-corrected chi connectivity index (χ1v) is 8.16. The maximum atomic E-state index is 5.39. The molecule has 0 N–H and O–H groups in total. The lowest BCUT2D eigenvalue weighted by Gasteiger charge is -2.39. The molecule has 1 aromatic carbocycles. The molecule has 0 heterocycles. The topological polar surface area (TPSA) is 9.23 Å². The molecule has 0 fully saturated rings. The summed E-state index contributed by atoms with van der Waals surface area (Å²) in [6.45, 7) is 2.43. The highest BCUT2D eigenvalue weighted by Crippen LogP contribution is 2.53. The lowest BCUT2D eigenvalue weighted by molar-refractivity contribution is 0.371. The van der Waals surface area contributed by atoms with E-state index in [0.717, 1.165) is 23.5 Å². The maximum Gasteiger partial charge on any atom is 0.119 e. The van der Waals surface area contributed by atoms with Gasteiger partial charge in [-0.15, -0.1) is 0 Å². The molecule has 3 aliphatic rings. The van der Waals surface area contributed by atoms with Crippen LogP contribution in [0.2, 0.25) is 0 Å². The summed E-state index contributed by atoms with van der Waals surface area (Å²) < 4.78 is 5.39. The van der Waals surface area contributed by atoms with E-state index in [1.807, 2.05) is 11.1 Å². The molecule has 1 heteroatoms. The van der Waals surface area contributed by atoms with Crippen LogP contribution in [0.1, 0.15) is 56.1 Å². The van der Waals surface area contributed by atoms with Crippen LogP contribution in [-0.2, 0) is 6.42 Å². The van der Waals surface area contributed by atoms with Crippen LogP contribution in [0.5, 0.6) is 5.75 Å². The molecule has 0 saturated heterocycles. The van der Waals surface area contributed by atoms with Crippen LogP contribution in [0, 0.1) is 11.8 Å². The normalized spacial score (nSPS) is 31.6. The standard InChI is InChI=1S/C19H24O/c1-12-3-6-17-15(12)9-10-18-16-8-5-14(20-2)11-13(16)4-7-19(17)18/h5,8,11-12,18-19H,3-4,6-7,9-10H2,1-2H3/t12?,18-,19+/m1/s1. The molecule has 3 aliphatic carbocycles. The summed E-state index contributed by atoms with van der Waals surface area (Å²) in [5.41, 5.74) is 6.85. The van der Waals surface area contributed by atoms with E-state index >= 15 is 0 Å². The van der Waals surface area contributed by atoms with Crippen molar-refractivity contribution in [3.05, 3.63) is 40.5 Å². The molecule has 20 heavy (non-hydrogen) atoms. The number of ether oxygens (including phenoxy) is 1. The fraction of sp³-hybridized carbons (Fsp3) is 0.579. The monoisotopic (exact) mass is 268 g/mol. The van der Waals surface area contributed by atoms with Gasteiger partial charge in [0, 0.05) is 0 Å². The highest BCUT2D eigenvalue weighted by Gasteiger charge is 2.39. The molecule has 3 atom stereocenters. The lowest BCUT2D eigenvalue weighted by atomic mass is 9.66. The quantitative estimate of drug-likeness (QED) is 0.661. The third-order valence-electron chi connectivity index (χ3n) is 5.99. The van der Waals surface area contributed by atoms with Gasteiger partial charge in [0.15, 0.2) is 0 Å². The number of hydrogen-bond donors (Lipinski definition) is 0. The fourth-order valence-corrected chi connectivity index (χ4v) is 4.95. The van der Waals surface area contributed by atoms with Crippen molar-refractivity contribution in [1.82, 2.24) is 0 Å². The van der Waals surface area contributed by atoms with Gasteiger partial charge in [-0.3, -0.25) is 0 Å². The van der Waals surface area contributed by atoms with Gasteiger partial charge in [-0.2, -0.15) is 0 Å². The summed E-state index contributed by atoms with van der Waals surface area (Å²) in [6.07, 6.45) is 8.10. The van der Waals surface area contributed by atoms with E-state index in [9.17, 15) is 0 Å². The Labute approximate surface area is 122 Å². The average Bonchev–Trinajstić information content (AvgIpc) is 2.88. The number of hydrogen-bond acceptors (Lipinski definition) is 1. The van der Waals surface area contributed by atoms with Gasteiger partial charge >= 0.3 is 0 Å². The second-order valence-electron chi connectivity index (χ2n) is 6.85. The Balaban J connectivity index is 1.72. The third kappa shape index (κ3) is 1.75. The molecule has 0 aromatic heterocycles. The SMILES string of the molecule is COc1ccc2c(c1)CC[C@H]1C3=C(CC[C@H]21)C(C)CC3. The second-order valence-corrected chi connectivity index (χ2v) is 6.85. The molecule has 4 rings (SSSR count). The summed E-state index contributed by atoms with van der Waals surface area (Å²) in [5, 5.41) is 0. The van der Waals surface area contributed by atoms with Crippen molar-refractivity contribution in [2.24, 2.45) is 11.8 Å². The van der Waals surface area contributed by atoms with E-state index in [0.29, 0.717) is 0 Å². The third-order valence-corrected chi connectivity index (χ3v) is 5.99. The number of fused-ring (bicyclic) bond motifs is 4. The highest BCUT2D eigenvalue weighted by atomic mass is 16.5. The molecule has 0 bridgehead atoms. The Hall–Kier alpha value is -1.24. The van der Waals surface area contributed by atoms with Crippen LogP contribution >= 0.6 is 0 Å². The van der Waals surface area contributed by atoms with Gasteiger partial charge in [-0.25, -0.2) is 0 Å². The van der Waals surface area contributed by atoms with Crippen molar-refractivity contribution in [3.8, 4) is 5.75 Å². The first-order chi connectivity index (χ1) is 9.78. The lowest BCUT2D eigenvalue weighted by Crippen LogP contribution is -2.26. The van der Waals surface area contributed by atoms with Gasteiger partial charge in [0.05, 0.1) is 7.11 Å². The minimum Gasteiger partial charge on any atom is -0.497 e. The van der Waals surface area contributed by atoms with Crippen molar-refractivity contribution >= 4 is 0 Å². The van der Waals surface area contributed by atoms with Gasteiger partial charge in [0.25, 0.3) is 0 Å². The molecular formula is C19H24O. The molecule has 0 spiro atoms. The molecule has 1 aromatic rings. The summed E-state index contributed by atoms with van der Waals surface area (Å²) in [5.74, 6) is 3.52. The second kappa shape index (κ2) is 4.65. The Kier molecular flexibility index (Phi) is 2.90. The summed E-state index contributed by atoms with van der Waals surface area (Å²) in [4.78, 5) is 0. The van der Waals surface area contributed by atoms with E-state index in [1.54, 1.807) is 18.2 Å². The van der Waals surface area contributed by atoms with E-state index in [4.69, 9.17) is 4.74 Å². The van der Waals surface area contributed by atoms with Crippen molar-refractivity contribution in [2.45, 2.75) is 51.4 Å². The van der Waals surface area contributed by atoms with Crippen LogP contribution < -0.4 is 4.74 Å². The predicted octanol–water partition coefficient (Wildman–Crippen LogP) is 4.86. The van der Waals surface area contributed by atoms with E-state index in [1.165, 1.54) is 38.5 Å². The summed E-state index contributed by atoms with van der Waals surface area (Å²) >= 11 is 0. The molecule has 1 unspecified atom stereocenters. The zero-order valence-electron chi connectivity index (χ0n) is 12.6. The van der Waals surface area contributed by atoms with Crippen molar-refractivity contribution in [3.63, 3.8) is 0 Å². The molecular weight excluding hydrogens is 244 g/mol. The molecule has 0 aliphatic heterocycles. The summed E-state index contributed by atoms with van der Waals surface area (Å²) in [7, 11) is 1.77. The van der Waals surface area contributed by atoms with Crippen LogP contribution in [0.25, 0.3) is 0 Å². The van der Waals surface area contributed by atoms with Gasteiger partial charge < -0.3 is 4.74 Å². The van der Waals surface area contributed by atoms with Gasteiger partial charge in [0.2, 0.25) is 0 Å². The first-order valence-electron chi connectivity index (χ1n) is 8.16. The van der Waals surface area contributed by atoms with Crippen molar-refractivity contribution in [2.75, 3.05) is 7.11 Å². The maximum absolute atomic E-state index is 5.39. The van der Waals surface area contributed by atoms with E-state index in [-0.39, 0.29) is 0 Å². The average molecular weight is 268 g/mol. The highest BCUT2D eigenvalue weighted by molar-refractivity contribution is 5.43. The fourth-order valence-electron chi connectivity index (χ4n) is 4.95. The number of rotatable bonds is 1. The number of methoxy groups -OCH3 is 1. The van der Waals surface area contributed by atoms with Crippen LogP contribution in [-0.4, -0.2) is 7.11 Å². The predicted molar refractivity (Wildman–Crippen MR) is 82.2 cm³/mol.